The lowest BCUT2D eigenvalue weighted by Gasteiger charge is -2.08. The van der Waals surface area contributed by atoms with Gasteiger partial charge in [0.2, 0.25) is 0 Å². The minimum atomic E-state index is -0.369. The molecule has 0 aliphatic rings. The Kier molecular flexibility index (Phi) is 5.28. The van der Waals surface area contributed by atoms with Gasteiger partial charge in [0.15, 0.2) is 4.80 Å². The second-order valence-electron chi connectivity index (χ2n) is 6.42. The van der Waals surface area contributed by atoms with Gasteiger partial charge in [0.05, 0.1) is 22.3 Å². The molecule has 0 saturated carbocycles. The summed E-state index contributed by atoms with van der Waals surface area (Å²) >= 11 is 1.45. The maximum Gasteiger partial charge on any atom is 0.283 e. The summed E-state index contributed by atoms with van der Waals surface area (Å²) in [6, 6.07) is 22.5. The Morgan fingerprint density at radius 3 is 2.62 bits per heavy atom. The average molecular weight is 398 g/mol. The normalized spacial score (nSPS) is 11.4. The van der Waals surface area contributed by atoms with E-state index in [1.165, 1.54) is 11.3 Å². The second kappa shape index (κ2) is 8.17. The molecule has 4 aromatic rings. The Hall–Kier alpha value is -3.62. The second-order valence-corrected chi connectivity index (χ2v) is 7.43. The summed E-state index contributed by atoms with van der Waals surface area (Å²) in [5.74, 6) is 3.42. The molecule has 5 heteroatoms. The van der Waals surface area contributed by atoms with E-state index in [2.05, 4.69) is 10.9 Å². The van der Waals surface area contributed by atoms with Crippen LogP contribution in [-0.2, 0) is 6.54 Å². The van der Waals surface area contributed by atoms with E-state index in [-0.39, 0.29) is 5.91 Å². The summed E-state index contributed by atoms with van der Waals surface area (Å²) in [4.78, 5) is 18.0. The summed E-state index contributed by atoms with van der Waals surface area (Å²) in [6.07, 6.45) is 5.57. The van der Waals surface area contributed by atoms with E-state index in [4.69, 9.17) is 11.2 Å². The number of ether oxygens (including phenoxy) is 1. The van der Waals surface area contributed by atoms with E-state index in [0.717, 1.165) is 15.8 Å². The van der Waals surface area contributed by atoms with E-state index < -0.39 is 0 Å². The van der Waals surface area contributed by atoms with Crippen molar-refractivity contribution in [3.63, 3.8) is 0 Å². The number of amides is 1. The van der Waals surface area contributed by atoms with Crippen LogP contribution < -0.4 is 9.54 Å². The van der Waals surface area contributed by atoms with Crippen molar-refractivity contribution in [2.45, 2.75) is 13.5 Å². The molecule has 0 radical (unpaired) electrons. The summed E-state index contributed by atoms with van der Waals surface area (Å²) in [6.45, 7) is 2.37. The molecule has 0 saturated heterocycles. The van der Waals surface area contributed by atoms with Crippen molar-refractivity contribution >= 4 is 27.5 Å². The molecule has 0 spiro atoms. The molecule has 0 N–H and O–H groups in total. The van der Waals surface area contributed by atoms with Gasteiger partial charge in [0, 0.05) is 0 Å². The molecular formula is C24H18N2O2S. The van der Waals surface area contributed by atoms with Crippen molar-refractivity contribution in [2.75, 3.05) is 0 Å². The molecule has 0 atom stereocenters. The van der Waals surface area contributed by atoms with Crippen LogP contribution in [0.2, 0.25) is 0 Å². The number of carbonyl (C=O) groups is 1. The predicted molar refractivity (Wildman–Crippen MR) is 116 cm³/mol. The average Bonchev–Trinajstić information content (AvgIpc) is 3.08. The monoisotopic (exact) mass is 398 g/mol. The van der Waals surface area contributed by atoms with Gasteiger partial charge in [0.25, 0.3) is 5.91 Å². The van der Waals surface area contributed by atoms with Crippen molar-refractivity contribution in [1.29, 1.82) is 0 Å². The molecule has 0 bridgehead atoms. The van der Waals surface area contributed by atoms with Crippen LogP contribution in [-0.4, -0.2) is 10.5 Å². The lowest BCUT2D eigenvalue weighted by Crippen LogP contribution is -2.17. The van der Waals surface area contributed by atoms with Gasteiger partial charge in [0.1, 0.15) is 11.5 Å². The smallest absolute Gasteiger partial charge is 0.283 e. The van der Waals surface area contributed by atoms with E-state index >= 15 is 0 Å². The molecule has 0 aliphatic heterocycles. The van der Waals surface area contributed by atoms with Crippen molar-refractivity contribution < 1.29 is 9.53 Å². The first-order valence-corrected chi connectivity index (χ1v) is 9.92. The Morgan fingerprint density at radius 1 is 1.07 bits per heavy atom. The van der Waals surface area contributed by atoms with Gasteiger partial charge in [-0.25, -0.2) is 0 Å². The van der Waals surface area contributed by atoms with Crippen molar-refractivity contribution in [2.24, 2.45) is 4.99 Å². The Morgan fingerprint density at radius 2 is 1.83 bits per heavy atom. The van der Waals surface area contributed by atoms with E-state index in [1.807, 2.05) is 66.1 Å². The molecule has 0 unspecified atom stereocenters. The standard InChI is InChI=1S/C24H18N2O2S/c1-3-16-26-22-17(2)10-9-15-21(22)29-24(26)25-23(27)19-13-7-8-14-20(19)28-18-11-5-4-6-12-18/h1,4-15H,16H2,2H3. The molecule has 1 amide bonds. The number of aromatic nitrogens is 1. The van der Waals surface area contributed by atoms with Gasteiger partial charge in [-0.3, -0.25) is 4.79 Å². The maximum absolute atomic E-state index is 13.0. The van der Waals surface area contributed by atoms with E-state index in [9.17, 15) is 4.79 Å². The zero-order chi connectivity index (χ0) is 20.2. The molecule has 1 aromatic heterocycles. The molecule has 0 aliphatic carbocycles. The van der Waals surface area contributed by atoms with Crippen LogP contribution in [0.1, 0.15) is 15.9 Å². The van der Waals surface area contributed by atoms with Crippen molar-refractivity contribution in [3.8, 4) is 23.8 Å². The highest BCUT2D eigenvalue weighted by Gasteiger charge is 2.14. The summed E-state index contributed by atoms with van der Waals surface area (Å²) < 4.78 is 8.86. The van der Waals surface area contributed by atoms with Crippen LogP contribution in [0.15, 0.2) is 77.8 Å². The molecule has 4 nitrogen and oxygen atoms in total. The fourth-order valence-corrected chi connectivity index (χ4v) is 4.23. The fraction of sp³-hybridized carbons (Fsp3) is 0.0833. The number of carbonyl (C=O) groups excluding carboxylic acids is 1. The van der Waals surface area contributed by atoms with Gasteiger partial charge in [-0.05, 0) is 42.8 Å². The van der Waals surface area contributed by atoms with Crippen LogP contribution in [0.3, 0.4) is 0 Å². The van der Waals surface area contributed by atoms with Crippen LogP contribution in [0.5, 0.6) is 11.5 Å². The highest BCUT2D eigenvalue weighted by molar-refractivity contribution is 7.16. The minimum absolute atomic E-state index is 0.346. The third-order valence-electron chi connectivity index (χ3n) is 4.44. The maximum atomic E-state index is 13.0. The number of para-hydroxylation sites is 3. The van der Waals surface area contributed by atoms with Crippen LogP contribution in [0.25, 0.3) is 10.2 Å². The number of hydrogen-bond donors (Lipinski definition) is 0. The first kappa shape index (κ1) is 18.7. The first-order valence-electron chi connectivity index (χ1n) is 9.11. The first-order chi connectivity index (χ1) is 14.2. The van der Waals surface area contributed by atoms with Crippen molar-refractivity contribution in [3.05, 3.63) is 88.7 Å². The number of nitrogens with zero attached hydrogens (tertiary/aromatic N) is 2. The lowest BCUT2D eigenvalue weighted by molar-refractivity contribution is 0.0995. The third kappa shape index (κ3) is 3.84. The van der Waals surface area contributed by atoms with Gasteiger partial charge >= 0.3 is 0 Å². The molecule has 1 heterocycles. The quantitative estimate of drug-likeness (QED) is 0.445. The Balaban J connectivity index is 1.79. The molecule has 142 valence electrons. The number of aryl methyl sites for hydroxylation is 1. The van der Waals surface area contributed by atoms with E-state index in [0.29, 0.717) is 28.4 Å². The Labute approximate surface area is 172 Å². The van der Waals surface area contributed by atoms with Gasteiger partial charge < -0.3 is 9.30 Å². The number of fused-ring (bicyclic) bond motifs is 1. The predicted octanol–water partition coefficient (Wildman–Crippen LogP) is 5.18. The number of terminal acetylenes is 1. The van der Waals surface area contributed by atoms with E-state index in [1.54, 1.807) is 18.2 Å². The summed E-state index contributed by atoms with van der Waals surface area (Å²) in [7, 11) is 0. The van der Waals surface area contributed by atoms with Crippen LogP contribution >= 0.6 is 11.3 Å². The van der Waals surface area contributed by atoms with Gasteiger partial charge in [-0.15, -0.1) is 6.42 Å². The highest BCUT2D eigenvalue weighted by Crippen LogP contribution is 2.26. The molecular weight excluding hydrogens is 380 g/mol. The number of hydrogen-bond acceptors (Lipinski definition) is 3. The number of rotatable bonds is 4. The largest absolute Gasteiger partial charge is 0.457 e. The topological polar surface area (TPSA) is 43.6 Å². The van der Waals surface area contributed by atoms with Crippen molar-refractivity contribution in [1.82, 2.24) is 4.57 Å². The van der Waals surface area contributed by atoms with Gasteiger partial charge in [-0.1, -0.05) is 59.7 Å². The highest BCUT2D eigenvalue weighted by atomic mass is 32.1. The molecule has 4 rings (SSSR count). The SMILES string of the molecule is C#CCn1c(=NC(=O)c2ccccc2Oc2ccccc2)sc2cccc(C)c21. The van der Waals surface area contributed by atoms with Gasteiger partial charge in [-0.2, -0.15) is 4.99 Å². The zero-order valence-electron chi connectivity index (χ0n) is 15.8. The summed E-state index contributed by atoms with van der Waals surface area (Å²) in [5, 5.41) is 0. The zero-order valence-corrected chi connectivity index (χ0v) is 16.6. The molecule has 3 aromatic carbocycles. The van der Waals surface area contributed by atoms with Crippen LogP contribution in [0.4, 0.5) is 0 Å². The van der Waals surface area contributed by atoms with Crippen LogP contribution in [0, 0.1) is 19.3 Å². The molecule has 0 fully saturated rings. The number of thiazole rings is 1. The summed E-state index contributed by atoms with van der Waals surface area (Å²) in [5.41, 5.74) is 2.50. The number of benzene rings is 3. The lowest BCUT2D eigenvalue weighted by atomic mass is 10.2. The third-order valence-corrected chi connectivity index (χ3v) is 5.48. The minimum Gasteiger partial charge on any atom is -0.457 e. The fourth-order valence-electron chi connectivity index (χ4n) is 3.13. The molecule has 29 heavy (non-hydrogen) atoms. The Bertz CT molecular complexity index is 1290.